The van der Waals surface area contributed by atoms with Gasteiger partial charge in [0.1, 0.15) is 0 Å². The van der Waals surface area contributed by atoms with Crippen molar-refractivity contribution in [3.05, 3.63) is 48.2 Å². The minimum atomic E-state index is -0.501. The summed E-state index contributed by atoms with van der Waals surface area (Å²) in [5.74, 6) is -0.0700. The van der Waals surface area contributed by atoms with Crippen LogP contribution in [0.25, 0.3) is 11.3 Å². The predicted octanol–water partition coefficient (Wildman–Crippen LogP) is 2.91. The quantitative estimate of drug-likeness (QED) is 0.707. The Hall–Kier alpha value is -3.29. The van der Waals surface area contributed by atoms with Crippen LogP contribution in [0.4, 0.5) is 11.6 Å². The Kier molecular flexibility index (Phi) is 4.08. The standard InChI is InChI=1S/C18H18N6O2/c1-11-8-20-18(22-12-9-21-24(10-12)13-5-6-13)23-15(11)14-4-3-7-19-16(14)17(25)26-2/h3-4,7-10,13H,5-6H2,1-2H3,(H,20,22,23). The third-order valence-electron chi connectivity index (χ3n) is 4.19. The van der Waals surface area contributed by atoms with Crippen molar-refractivity contribution in [1.82, 2.24) is 24.7 Å². The van der Waals surface area contributed by atoms with E-state index in [4.69, 9.17) is 4.74 Å². The number of nitrogens with one attached hydrogen (secondary N) is 1. The number of nitrogens with zero attached hydrogens (tertiary/aromatic N) is 5. The van der Waals surface area contributed by atoms with Gasteiger partial charge >= 0.3 is 5.97 Å². The second kappa shape index (κ2) is 6.55. The lowest BCUT2D eigenvalue weighted by atomic mass is 10.1. The normalized spacial score (nSPS) is 13.5. The lowest BCUT2D eigenvalue weighted by molar-refractivity contribution is 0.0595. The molecule has 0 radical (unpaired) electrons. The number of hydrogen-bond acceptors (Lipinski definition) is 7. The fraction of sp³-hybridized carbons (Fsp3) is 0.278. The van der Waals surface area contributed by atoms with Gasteiger partial charge in [-0.15, -0.1) is 0 Å². The van der Waals surface area contributed by atoms with Gasteiger partial charge in [0.25, 0.3) is 0 Å². The highest BCUT2D eigenvalue weighted by Gasteiger charge is 2.24. The number of methoxy groups -OCH3 is 1. The van der Waals surface area contributed by atoms with Crippen LogP contribution >= 0.6 is 0 Å². The first-order chi connectivity index (χ1) is 12.7. The maximum Gasteiger partial charge on any atom is 0.357 e. The molecule has 4 rings (SSSR count). The van der Waals surface area contributed by atoms with E-state index in [1.165, 1.54) is 20.0 Å². The van der Waals surface area contributed by atoms with E-state index in [9.17, 15) is 4.79 Å². The fourth-order valence-corrected chi connectivity index (χ4v) is 2.70. The Labute approximate surface area is 150 Å². The molecule has 0 saturated heterocycles. The van der Waals surface area contributed by atoms with Crippen LogP contribution in [-0.2, 0) is 4.74 Å². The molecular formula is C18H18N6O2. The van der Waals surface area contributed by atoms with Gasteiger partial charge in [-0.3, -0.25) is 4.68 Å². The Morgan fingerprint density at radius 1 is 1.31 bits per heavy atom. The fourth-order valence-electron chi connectivity index (χ4n) is 2.70. The van der Waals surface area contributed by atoms with E-state index >= 15 is 0 Å². The molecule has 0 bridgehead atoms. The molecule has 1 fully saturated rings. The highest BCUT2D eigenvalue weighted by Crippen LogP contribution is 2.34. The molecule has 1 aliphatic carbocycles. The number of hydrogen-bond donors (Lipinski definition) is 1. The Morgan fingerprint density at radius 3 is 2.92 bits per heavy atom. The number of aromatic nitrogens is 5. The predicted molar refractivity (Wildman–Crippen MR) is 95.1 cm³/mol. The summed E-state index contributed by atoms with van der Waals surface area (Å²) in [5.41, 5.74) is 3.12. The number of anilines is 2. The lowest BCUT2D eigenvalue weighted by Gasteiger charge is -2.10. The van der Waals surface area contributed by atoms with Crippen LogP contribution in [0.5, 0.6) is 0 Å². The van der Waals surface area contributed by atoms with Gasteiger partial charge in [0.2, 0.25) is 5.95 Å². The average Bonchev–Trinajstić information content (AvgIpc) is 3.42. The molecule has 26 heavy (non-hydrogen) atoms. The summed E-state index contributed by atoms with van der Waals surface area (Å²) < 4.78 is 6.78. The second-order valence-corrected chi connectivity index (χ2v) is 6.18. The van der Waals surface area contributed by atoms with Crippen LogP contribution in [0.15, 0.2) is 36.9 Å². The van der Waals surface area contributed by atoms with Crippen LogP contribution in [-0.4, -0.2) is 37.8 Å². The molecule has 0 amide bonds. The SMILES string of the molecule is COC(=O)c1ncccc1-c1nc(Nc2cnn(C3CC3)c2)ncc1C. The van der Waals surface area contributed by atoms with Crippen molar-refractivity contribution in [2.75, 3.05) is 12.4 Å². The molecule has 132 valence electrons. The van der Waals surface area contributed by atoms with E-state index in [1.54, 1.807) is 30.7 Å². The highest BCUT2D eigenvalue weighted by atomic mass is 16.5. The minimum Gasteiger partial charge on any atom is -0.464 e. The van der Waals surface area contributed by atoms with Gasteiger partial charge in [0.15, 0.2) is 5.69 Å². The number of ether oxygens (including phenoxy) is 1. The number of rotatable bonds is 5. The van der Waals surface area contributed by atoms with Gasteiger partial charge in [-0.2, -0.15) is 5.10 Å². The summed E-state index contributed by atoms with van der Waals surface area (Å²) in [5, 5.41) is 7.51. The molecule has 3 heterocycles. The summed E-state index contributed by atoms with van der Waals surface area (Å²) in [7, 11) is 1.33. The van der Waals surface area contributed by atoms with Crippen molar-refractivity contribution in [3.8, 4) is 11.3 Å². The summed E-state index contributed by atoms with van der Waals surface area (Å²) in [4.78, 5) is 25.1. The minimum absolute atomic E-state index is 0.226. The van der Waals surface area contributed by atoms with Gasteiger partial charge in [0, 0.05) is 24.2 Å². The summed E-state index contributed by atoms with van der Waals surface area (Å²) in [6.07, 6.45) is 9.31. The van der Waals surface area contributed by atoms with E-state index in [0.29, 0.717) is 23.2 Å². The number of esters is 1. The van der Waals surface area contributed by atoms with Crippen LogP contribution < -0.4 is 5.32 Å². The van der Waals surface area contributed by atoms with E-state index in [2.05, 4.69) is 25.4 Å². The third kappa shape index (κ3) is 3.13. The third-order valence-corrected chi connectivity index (χ3v) is 4.19. The zero-order valence-corrected chi connectivity index (χ0v) is 14.5. The van der Waals surface area contributed by atoms with Crippen molar-refractivity contribution in [2.24, 2.45) is 0 Å². The van der Waals surface area contributed by atoms with Crippen molar-refractivity contribution < 1.29 is 9.53 Å². The molecule has 0 aromatic carbocycles. The first-order valence-electron chi connectivity index (χ1n) is 8.34. The van der Waals surface area contributed by atoms with Gasteiger partial charge < -0.3 is 10.1 Å². The Bertz CT molecular complexity index is 964. The van der Waals surface area contributed by atoms with Crippen LogP contribution in [0.2, 0.25) is 0 Å². The molecule has 8 heteroatoms. The van der Waals surface area contributed by atoms with Crippen molar-refractivity contribution in [3.63, 3.8) is 0 Å². The Balaban J connectivity index is 1.67. The number of carbonyl (C=O) groups excluding carboxylic acids is 1. The smallest absolute Gasteiger partial charge is 0.357 e. The monoisotopic (exact) mass is 350 g/mol. The van der Waals surface area contributed by atoms with Crippen molar-refractivity contribution >= 4 is 17.6 Å². The van der Waals surface area contributed by atoms with Gasteiger partial charge in [0.05, 0.1) is 30.7 Å². The lowest BCUT2D eigenvalue weighted by Crippen LogP contribution is -2.08. The van der Waals surface area contributed by atoms with E-state index < -0.39 is 5.97 Å². The van der Waals surface area contributed by atoms with Crippen LogP contribution in [0.3, 0.4) is 0 Å². The van der Waals surface area contributed by atoms with Gasteiger partial charge in [-0.25, -0.2) is 19.7 Å². The Morgan fingerprint density at radius 2 is 2.15 bits per heavy atom. The largest absolute Gasteiger partial charge is 0.464 e. The van der Waals surface area contributed by atoms with Crippen molar-refractivity contribution in [2.45, 2.75) is 25.8 Å². The number of carbonyl (C=O) groups is 1. The van der Waals surface area contributed by atoms with Crippen molar-refractivity contribution in [1.29, 1.82) is 0 Å². The molecule has 8 nitrogen and oxygen atoms in total. The molecule has 0 atom stereocenters. The van der Waals surface area contributed by atoms with Gasteiger partial charge in [-0.1, -0.05) is 0 Å². The molecule has 0 aliphatic heterocycles. The second-order valence-electron chi connectivity index (χ2n) is 6.18. The number of aryl methyl sites for hydroxylation is 1. The van der Waals surface area contributed by atoms with Crippen LogP contribution in [0, 0.1) is 6.92 Å². The maximum atomic E-state index is 12.0. The molecule has 3 aromatic rings. The topological polar surface area (TPSA) is 94.8 Å². The molecule has 0 unspecified atom stereocenters. The molecule has 3 aromatic heterocycles. The summed E-state index contributed by atoms with van der Waals surface area (Å²) >= 11 is 0. The zero-order valence-electron chi connectivity index (χ0n) is 14.5. The molecule has 1 aliphatic rings. The number of pyridine rings is 1. The van der Waals surface area contributed by atoms with Crippen LogP contribution in [0.1, 0.15) is 34.9 Å². The van der Waals surface area contributed by atoms with E-state index in [1.807, 2.05) is 17.8 Å². The molecular weight excluding hydrogens is 332 g/mol. The molecule has 0 spiro atoms. The highest BCUT2D eigenvalue weighted by molar-refractivity contribution is 5.95. The summed E-state index contributed by atoms with van der Waals surface area (Å²) in [6.45, 7) is 1.89. The van der Waals surface area contributed by atoms with Gasteiger partial charge in [-0.05, 0) is 37.5 Å². The van der Waals surface area contributed by atoms with E-state index in [0.717, 1.165) is 11.3 Å². The summed E-state index contributed by atoms with van der Waals surface area (Å²) in [6, 6.07) is 4.07. The first kappa shape index (κ1) is 16.2. The molecule has 1 saturated carbocycles. The maximum absolute atomic E-state index is 12.0. The molecule has 1 N–H and O–H groups in total. The first-order valence-corrected chi connectivity index (χ1v) is 8.34. The average molecular weight is 350 g/mol. The van der Waals surface area contributed by atoms with E-state index in [-0.39, 0.29) is 5.69 Å². The zero-order chi connectivity index (χ0) is 18.1.